The number of hydrogen-bond acceptors (Lipinski definition) is 3. The minimum Gasteiger partial charge on any atom is -0.493 e. The van der Waals surface area contributed by atoms with Gasteiger partial charge < -0.3 is 4.74 Å². The van der Waals surface area contributed by atoms with E-state index in [9.17, 15) is 0 Å². The largest absolute Gasteiger partial charge is 0.493 e. The molecule has 2 nitrogen and oxygen atoms in total. The number of nitrogens with zero attached hydrogens (tertiary/aromatic N) is 1. The highest BCUT2D eigenvalue weighted by Crippen LogP contribution is 2.31. The third-order valence-corrected chi connectivity index (χ3v) is 3.44. The predicted molar refractivity (Wildman–Crippen MR) is 61.8 cm³/mol. The van der Waals surface area contributed by atoms with Crippen LogP contribution in [0.25, 0.3) is 11.3 Å². The monoisotopic (exact) mass is 237 g/mol. The molecule has 0 unspecified atom stereocenters. The van der Waals surface area contributed by atoms with Crippen molar-refractivity contribution in [2.24, 2.45) is 0 Å². The molecule has 76 valence electrons. The molecule has 0 fully saturated rings. The van der Waals surface area contributed by atoms with Crippen molar-refractivity contribution in [2.45, 2.75) is 6.42 Å². The average molecular weight is 238 g/mol. The highest BCUT2D eigenvalue weighted by atomic mass is 35.5. The van der Waals surface area contributed by atoms with E-state index in [4.69, 9.17) is 16.3 Å². The summed E-state index contributed by atoms with van der Waals surface area (Å²) >= 11 is 7.27. The van der Waals surface area contributed by atoms with E-state index in [0.29, 0.717) is 4.47 Å². The SMILES string of the molecule is Clc1nc(-c2ccc3c(c2)CCO3)cs1. The lowest BCUT2D eigenvalue weighted by molar-refractivity contribution is 0.357. The number of hydrogen-bond donors (Lipinski definition) is 0. The predicted octanol–water partition coefficient (Wildman–Crippen LogP) is 3.40. The topological polar surface area (TPSA) is 22.1 Å². The summed E-state index contributed by atoms with van der Waals surface area (Å²) in [4.78, 5) is 4.25. The second-order valence-electron chi connectivity index (χ2n) is 3.41. The Balaban J connectivity index is 2.06. The van der Waals surface area contributed by atoms with Gasteiger partial charge in [-0.2, -0.15) is 0 Å². The average Bonchev–Trinajstić information content (AvgIpc) is 2.84. The molecule has 4 heteroatoms. The van der Waals surface area contributed by atoms with E-state index in [0.717, 1.165) is 30.0 Å². The highest BCUT2D eigenvalue weighted by Gasteiger charge is 2.13. The molecular weight excluding hydrogens is 230 g/mol. The van der Waals surface area contributed by atoms with Gasteiger partial charge in [0.1, 0.15) is 5.75 Å². The summed E-state index contributed by atoms with van der Waals surface area (Å²) in [6.45, 7) is 0.788. The van der Waals surface area contributed by atoms with Crippen LogP contribution in [0, 0.1) is 0 Å². The van der Waals surface area contributed by atoms with Gasteiger partial charge in [0.15, 0.2) is 4.47 Å². The first kappa shape index (κ1) is 9.19. The fraction of sp³-hybridized carbons (Fsp3) is 0.182. The molecule has 1 aromatic carbocycles. The normalized spacial score (nSPS) is 13.7. The van der Waals surface area contributed by atoms with Crippen molar-refractivity contribution in [3.63, 3.8) is 0 Å². The summed E-state index contributed by atoms with van der Waals surface area (Å²) in [6, 6.07) is 6.16. The van der Waals surface area contributed by atoms with Crippen LogP contribution in [0.15, 0.2) is 23.6 Å². The number of fused-ring (bicyclic) bond motifs is 1. The molecule has 2 heterocycles. The van der Waals surface area contributed by atoms with E-state index in [-0.39, 0.29) is 0 Å². The Morgan fingerprint density at radius 3 is 3.13 bits per heavy atom. The third kappa shape index (κ3) is 1.62. The molecule has 0 spiro atoms. The maximum Gasteiger partial charge on any atom is 0.184 e. The molecule has 0 amide bonds. The smallest absolute Gasteiger partial charge is 0.184 e. The third-order valence-electron chi connectivity index (χ3n) is 2.46. The van der Waals surface area contributed by atoms with Crippen LogP contribution in [-0.2, 0) is 6.42 Å². The van der Waals surface area contributed by atoms with Crippen molar-refractivity contribution in [3.05, 3.63) is 33.6 Å². The molecule has 0 bridgehead atoms. The van der Waals surface area contributed by atoms with E-state index >= 15 is 0 Å². The minimum atomic E-state index is 0.585. The van der Waals surface area contributed by atoms with Crippen LogP contribution < -0.4 is 4.74 Å². The number of benzene rings is 1. The summed E-state index contributed by atoms with van der Waals surface area (Å²) in [5, 5.41) is 1.97. The van der Waals surface area contributed by atoms with Crippen LogP contribution >= 0.6 is 22.9 Å². The molecule has 0 aliphatic carbocycles. The molecule has 0 atom stereocenters. The summed E-state index contributed by atoms with van der Waals surface area (Å²) in [6.07, 6.45) is 0.987. The van der Waals surface area contributed by atoms with Gasteiger partial charge in [0.25, 0.3) is 0 Å². The van der Waals surface area contributed by atoms with Crippen molar-refractivity contribution < 1.29 is 4.74 Å². The van der Waals surface area contributed by atoms with Crippen molar-refractivity contribution in [1.29, 1.82) is 0 Å². The second kappa shape index (κ2) is 3.51. The van der Waals surface area contributed by atoms with Crippen LogP contribution in [0.5, 0.6) is 5.75 Å². The lowest BCUT2D eigenvalue weighted by atomic mass is 10.1. The molecule has 1 aromatic heterocycles. The molecule has 0 saturated heterocycles. The van der Waals surface area contributed by atoms with Crippen molar-refractivity contribution >= 4 is 22.9 Å². The summed E-state index contributed by atoms with van der Waals surface area (Å²) in [5.74, 6) is 1.00. The standard InChI is InChI=1S/C11H8ClNOS/c12-11-13-9(6-15-11)7-1-2-10-8(5-7)3-4-14-10/h1-2,5-6H,3-4H2. The summed E-state index contributed by atoms with van der Waals surface area (Å²) in [7, 11) is 0. The zero-order chi connectivity index (χ0) is 10.3. The van der Waals surface area contributed by atoms with E-state index in [2.05, 4.69) is 11.1 Å². The van der Waals surface area contributed by atoms with Gasteiger partial charge in [0, 0.05) is 17.4 Å². The quantitative estimate of drug-likeness (QED) is 0.759. The first-order valence-electron chi connectivity index (χ1n) is 4.70. The summed E-state index contributed by atoms with van der Waals surface area (Å²) < 4.78 is 6.04. The number of halogens is 1. The molecule has 1 aliphatic heterocycles. The van der Waals surface area contributed by atoms with Crippen LogP contribution in [0.4, 0.5) is 0 Å². The second-order valence-corrected chi connectivity index (χ2v) is 4.85. The number of aromatic nitrogens is 1. The van der Waals surface area contributed by atoms with Gasteiger partial charge in [-0.05, 0) is 23.8 Å². The number of rotatable bonds is 1. The molecule has 0 N–H and O–H groups in total. The van der Waals surface area contributed by atoms with Crippen LogP contribution in [0.3, 0.4) is 0 Å². The Morgan fingerprint density at radius 2 is 2.33 bits per heavy atom. The van der Waals surface area contributed by atoms with Gasteiger partial charge in [-0.25, -0.2) is 4.98 Å². The maximum absolute atomic E-state index is 5.81. The van der Waals surface area contributed by atoms with E-state index in [1.165, 1.54) is 16.9 Å². The van der Waals surface area contributed by atoms with Crippen molar-refractivity contribution in [2.75, 3.05) is 6.61 Å². The van der Waals surface area contributed by atoms with Crippen LogP contribution in [0.2, 0.25) is 4.47 Å². The Hall–Kier alpha value is -1.06. The Morgan fingerprint density at radius 1 is 1.40 bits per heavy atom. The lowest BCUT2D eigenvalue weighted by Gasteiger charge is -2.00. The maximum atomic E-state index is 5.81. The van der Waals surface area contributed by atoms with Crippen molar-refractivity contribution in [1.82, 2.24) is 4.98 Å². The van der Waals surface area contributed by atoms with Gasteiger partial charge in [0.05, 0.1) is 12.3 Å². The fourth-order valence-corrected chi connectivity index (χ4v) is 2.50. The first-order chi connectivity index (χ1) is 7.33. The van der Waals surface area contributed by atoms with Gasteiger partial charge in [-0.1, -0.05) is 11.6 Å². The van der Waals surface area contributed by atoms with E-state index in [1.54, 1.807) is 0 Å². The van der Waals surface area contributed by atoms with Gasteiger partial charge >= 0.3 is 0 Å². The fourth-order valence-electron chi connectivity index (χ4n) is 1.73. The number of ether oxygens (including phenoxy) is 1. The van der Waals surface area contributed by atoms with Crippen LogP contribution in [-0.4, -0.2) is 11.6 Å². The van der Waals surface area contributed by atoms with Crippen molar-refractivity contribution in [3.8, 4) is 17.0 Å². The molecular formula is C11H8ClNOS. The molecule has 2 aromatic rings. The van der Waals surface area contributed by atoms with E-state index in [1.807, 2.05) is 17.5 Å². The lowest BCUT2D eigenvalue weighted by Crippen LogP contribution is -1.85. The molecule has 0 saturated carbocycles. The Labute approximate surface area is 96.5 Å². The van der Waals surface area contributed by atoms with Gasteiger partial charge in [-0.3, -0.25) is 0 Å². The number of thiazole rings is 1. The minimum absolute atomic E-state index is 0.585. The zero-order valence-electron chi connectivity index (χ0n) is 7.87. The Bertz CT molecular complexity index is 509. The molecule has 1 aliphatic rings. The molecule has 3 rings (SSSR count). The molecule has 15 heavy (non-hydrogen) atoms. The van der Waals surface area contributed by atoms with Gasteiger partial charge in [-0.15, -0.1) is 11.3 Å². The Kier molecular flexibility index (Phi) is 2.15. The zero-order valence-corrected chi connectivity index (χ0v) is 9.44. The molecule has 0 radical (unpaired) electrons. The highest BCUT2D eigenvalue weighted by molar-refractivity contribution is 7.14. The first-order valence-corrected chi connectivity index (χ1v) is 5.96. The van der Waals surface area contributed by atoms with Gasteiger partial charge in [0.2, 0.25) is 0 Å². The van der Waals surface area contributed by atoms with Crippen LogP contribution in [0.1, 0.15) is 5.56 Å². The van der Waals surface area contributed by atoms with E-state index < -0.39 is 0 Å². The summed E-state index contributed by atoms with van der Waals surface area (Å²) in [5.41, 5.74) is 3.32.